The van der Waals surface area contributed by atoms with Gasteiger partial charge in [-0.1, -0.05) is 35.9 Å². The van der Waals surface area contributed by atoms with Crippen LogP contribution < -0.4 is 15.4 Å². The largest absolute Gasteiger partial charge is 0.487 e. The number of amides is 2. The third-order valence-corrected chi connectivity index (χ3v) is 8.98. The number of pyridine rings is 1. The molecule has 3 aromatic rings. The molecule has 10 heteroatoms. The lowest BCUT2D eigenvalue weighted by Gasteiger charge is -2.38. The van der Waals surface area contributed by atoms with Gasteiger partial charge in [0.15, 0.2) is 0 Å². The highest BCUT2D eigenvalue weighted by Crippen LogP contribution is 2.41. The van der Waals surface area contributed by atoms with E-state index in [9.17, 15) is 18.0 Å². The minimum atomic E-state index is -3.97. The summed E-state index contributed by atoms with van der Waals surface area (Å²) in [6.07, 6.45) is 1.94. The van der Waals surface area contributed by atoms with Crippen molar-refractivity contribution in [2.24, 2.45) is 0 Å². The van der Waals surface area contributed by atoms with Gasteiger partial charge in [0.2, 0.25) is 21.8 Å². The van der Waals surface area contributed by atoms with E-state index < -0.39 is 33.5 Å². The van der Waals surface area contributed by atoms with Crippen molar-refractivity contribution in [1.29, 1.82) is 0 Å². The minimum absolute atomic E-state index is 0.0866. The highest BCUT2D eigenvalue weighted by atomic mass is 32.2. The number of rotatable bonds is 6. The number of carbonyl (C=O) groups excluding carboxylic acids is 2. The molecule has 0 radical (unpaired) electrons. The van der Waals surface area contributed by atoms with Crippen molar-refractivity contribution in [3.05, 3.63) is 78.0 Å². The highest BCUT2D eigenvalue weighted by Gasteiger charge is 2.41. The summed E-state index contributed by atoms with van der Waals surface area (Å²) in [4.78, 5) is 30.6. The van der Waals surface area contributed by atoms with Crippen LogP contribution in [0.4, 0.5) is 0 Å². The summed E-state index contributed by atoms with van der Waals surface area (Å²) >= 11 is 0. The SMILES string of the molecule is Cc1ccc(S(=O)(=O)N2CCNC(=O)[C@H]2CC(=O)N[C@@H]2CC(C)(C)Oc3cc(-c4ccccn4)ccc32)cc1. The number of aromatic nitrogens is 1. The molecule has 3 heterocycles. The predicted octanol–water partition coefficient (Wildman–Crippen LogP) is 3.35. The van der Waals surface area contributed by atoms with Crippen LogP contribution in [0.2, 0.25) is 0 Å². The topological polar surface area (TPSA) is 118 Å². The first-order chi connectivity index (χ1) is 18.5. The summed E-state index contributed by atoms with van der Waals surface area (Å²) in [5.41, 5.74) is 2.89. The Morgan fingerprint density at radius 2 is 1.92 bits per heavy atom. The Bertz CT molecular complexity index is 1490. The molecule has 0 unspecified atom stereocenters. The maximum absolute atomic E-state index is 13.4. The van der Waals surface area contributed by atoms with E-state index in [-0.39, 0.29) is 30.4 Å². The van der Waals surface area contributed by atoms with Crippen molar-refractivity contribution in [2.45, 2.75) is 56.2 Å². The van der Waals surface area contributed by atoms with Gasteiger partial charge in [0.1, 0.15) is 17.4 Å². The maximum atomic E-state index is 13.4. The number of carbonyl (C=O) groups is 2. The van der Waals surface area contributed by atoms with E-state index in [1.807, 2.05) is 57.2 Å². The molecule has 204 valence electrons. The Hall–Kier alpha value is -3.76. The first kappa shape index (κ1) is 26.8. The Balaban J connectivity index is 1.37. The number of sulfonamides is 1. The van der Waals surface area contributed by atoms with Gasteiger partial charge in [-0.05, 0) is 51.1 Å². The van der Waals surface area contributed by atoms with Gasteiger partial charge >= 0.3 is 0 Å². The summed E-state index contributed by atoms with van der Waals surface area (Å²) in [7, 11) is -3.97. The van der Waals surface area contributed by atoms with E-state index in [0.717, 1.165) is 26.7 Å². The summed E-state index contributed by atoms with van der Waals surface area (Å²) in [6.45, 7) is 6.04. The molecule has 1 aromatic heterocycles. The quantitative estimate of drug-likeness (QED) is 0.488. The average molecular weight is 549 g/mol. The molecular weight excluding hydrogens is 516 g/mol. The second-order valence-corrected chi connectivity index (χ2v) is 12.5. The van der Waals surface area contributed by atoms with E-state index in [1.165, 1.54) is 12.1 Å². The van der Waals surface area contributed by atoms with Crippen molar-refractivity contribution >= 4 is 21.8 Å². The van der Waals surface area contributed by atoms with Crippen LogP contribution in [0.3, 0.4) is 0 Å². The zero-order valence-corrected chi connectivity index (χ0v) is 23.0. The van der Waals surface area contributed by atoms with E-state index in [1.54, 1.807) is 18.3 Å². The molecule has 1 saturated heterocycles. The number of hydrogen-bond donors (Lipinski definition) is 2. The van der Waals surface area contributed by atoms with Crippen LogP contribution in [0, 0.1) is 6.92 Å². The molecule has 0 saturated carbocycles. The maximum Gasteiger partial charge on any atom is 0.243 e. The van der Waals surface area contributed by atoms with E-state index in [0.29, 0.717) is 12.2 Å². The fourth-order valence-corrected chi connectivity index (χ4v) is 6.71. The molecule has 2 aliphatic heterocycles. The van der Waals surface area contributed by atoms with Gasteiger partial charge < -0.3 is 15.4 Å². The second-order valence-electron chi connectivity index (χ2n) is 10.6. The van der Waals surface area contributed by atoms with Crippen LogP contribution in [0.15, 0.2) is 71.8 Å². The monoisotopic (exact) mass is 548 g/mol. The third kappa shape index (κ3) is 5.67. The van der Waals surface area contributed by atoms with Crippen LogP contribution in [0.1, 0.15) is 43.9 Å². The van der Waals surface area contributed by atoms with Gasteiger partial charge in [-0.3, -0.25) is 14.6 Å². The molecule has 2 amide bonds. The summed E-state index contributed by atoms with van der Waals surface area (Å²) in [5, 5.41) is 5.74. The van der Waals surface area contributed by atoms with Crippen molar-refractivity contribution in [3.63, 3.8) is 0 Å². The molecule has 0 spiro atoms. The second kappa shape index (κ2) is 10.4. The lowest BCUT2D eigenvalue weighted by Crippen LogP contribution is -2.58. The van der Waals surface area contributed by atoms with Crippen LogP contribution >= 0.6 is 0 Å². The highest BCUT2D eigenvalue weighted by molar-refractivity contribution is 7.89. The molecule has 39 heavy (non-hydrogen) atoms. The van der Waals surface area contributed by atoms with Crippen LogP contribution in [0.5, 0.6) is 5.75 Å². The van der Waals surface area contributed by atoms with Crippen molar-refractivity contribution in [1.82, 2.24) is 19.9 Å². The normalized spacial score (nSPS) is 20.8. The number of piperazine rings is 1. The standard InChI is InChI=1S/C29H32N4O5S/c1-19-7-10-21(11-8-19)39(36,37)33-15-14-31-28(35)25(33)17-27(34)32-24-18-29(2,3)38-26-16-20(9-12-22(24)26)23-6-4-5-13-30-23/h4-13,16,24-25H,14-15,17-18H2,1-3H3,(H,31,35)(H,32,34)/t24-,25-/m1/s1. The van der Waals surface area contributed by atoms with Gasteiger partial charge in [0.05, 0.1) is 23.1 Å². The van der Waals surface area contributed by atoms with E-state index in [2.05, 4.69) is 15.6 Å². The van der Waals surface area contributed by atoms with Gasteiger partial charge in [0.25, 0.3) is 0 Å². The minimum Gasteiger partial charge on any atom is -0.487 e. The van der Waals surface area contributed by atoms with E-state index >= 15 is 0 Å². The van der Waals surface area contributed by atoms with Crippen LogP contribution in [0.25, 0.3) is 11.3 Å². The molecule has 1 fully saturated rings. The smallest absolute Gasteiger partial charge is 0.243 e. The lowest BCUT2D eigenvalue weighted by atomic mass is 9.88. The Labute approximate surface area is 228 Å². The molecule has 2 aromatic carbocycles. The van der Waals surface area contributed by atoms with Gasteiger partial charge in [-0.2, -0.15) is 4.31 Å². The summed E-state index contributed by atoms with van der Waals surface area (Å²) in [6, 6.07) is 16.4. The first-order valence-electron chi connectivity index (χ1n) is 12.9. The number of aryl methyl sites for hydroxylation is 1. The molecule has 0 aliphatic carbocycles. The van der Waals surface area contributed by atoms with Crippen molar-refractivity contribution in [3.8, 4) is 17.0 Å². The lowest BCUT2D eigenvalue weighted by molar-refractivity contribution is -0.132. The third-order valence-electron chi connectivity index (χ3n) is 7.05. The number of nitrogens with one attached hydrogen (secondary N) is 2. The molecule has 2 atom stereocenters. The van der Waals surface area contributed by atoms with E-state index in [4.69, 9.17) is 4.74 Å². The number of ether oxygens (including phenoxy) is 1. The first-order valence-corrected chi connectivity index (χ1v) is 14.4. The van der Waals surface area contributed by atoms with Crippen LogP contribution in [-0.4, -0.2) is 54.3 Å². The molecule has 2 aliphatic rings. The summed E-state index contributed by atoms with van der Waals surface area (Å²) < 4.78 is 34.2. The fourth-order valence-electron chi connectivity index (χ4n) is 5.12. The Morgan fingerprint density at radius 3 is 2.64 bits per heavy atom. The summed E-state index contributed by atoms with van der Waals surface area (Å²) in [5.74, 6) is -0.248. The molecule has 9 nitrogen and oxygen atoms in total. The Morgan fingerprint density at radius 1 is 1.15 bits per heavy atom. The number of nitrogens with zero attached hydrogens (tertiary/aromatic N) is 2. The van der Waals surface area contributed by atoms with Gasteiger partial charge in [-0.15, -0.1) is 0 Å². The van der Waals surface area contributed by atoms with Gasteiger partial charge in [0, 0.05) is 36.8 Å². The molecule has 0 bridgehead atoms. The predicted molar refractivity (Wildman–Crippen MR) is 146 cm³/mol. The Kier molecular flexibility index (Phi) is 7.17. The fraction of sp³-hybridized carbons (Fsp3) is 0.345. The number of hydrogen-bond acceptors (Lipinski definition) is 6. The zero-order chi connectivity index (χ0) is 27.8. The number of fused-ring (bicyclic) bond motifs is 1. The van der Waals surface area contributed by atoms with Crippen LogP contribution in [-0.2, 0) is 19.6 Å². The molecule has 5 rings (SSSR count). The van der Waals surface area contributed by atoms with Gasteiger partial charge in [-0.25, -0.2) is 8.42 Å². The number of benzene rings is 2. The average Bonchev–Trinajstić information content (AvgIpc) is 2.89. The zero-order valence-electron chi connectivity index (χ0n) is 22.2. The molecular formula is C29H32N4O5S. The van der Waals surface area contributed by atoms with Crippen molar-refractivity contribution < 1.29 is 22.7 Å². The van der Waals surface area contributed by atoms with Crippen molar-refractivity contribution in [2.75, 3.05) is 13.1 Å². The molecule has 2 N–H and O–H groups in total.